The molecule has 3 N–H and O–H groups in total. The van der Waals surface area contributed by atoms with Gasteiger partial charge in [-0.05, 0) is 178 Å². The summed E-state index contributed by atoms with van der Waals surface area (Å²) in [6, 6.07) is 114. The van der Waals surface area contributed by atoms with Crippen LogP contribution in [0, 0.1) is 31.2 Å². The zero-order valence-electron chi connectivity index (χ0n) is 66.4. The molecule has 118 heavy (non-hydrogen) atoms. The maximum absolute atomic E-state index is 12.5. The van der Waals surface area contributed by atoms with Gasteiger partial charge >= 0.3 is 0 Å². The van der Waals surface area contributed by atoms with Gasteiger partial charge in [-0.3, -0.25) is 9.78 Å². The molecule has 10 aromatic carbocycles. The van der Waals surface area contributed by atoms with E-state index in [4.69, 9.17) is 15.1 Å². The minimum atomic E-state index is -2.46. The summed E-state index contributed by atoms with van der Waals surface area (Å²) in [7, 11) is 0. The predicted octanol–water partition coefficient (Wildman–Crippen LogP) is 25.7. The molecule has 16 rings (SSSR count). The van der Waals surface area contributed by atoms with Gasteiger partial charge in [0.05, 0.1) is 34.1 Å². The maximum atomic E-state index is 12.5. The number of aliphatic hydroxyl groups is 1. The number of ketones is 1. The molecule has 6 aromatic heterocycles. The summed E-state index contributed by atoms with van der Waals surface area (Å²) in [5.74, 6) is 0.323. The number of para-hydroxylation sites is 5. The van der Waals surface area contributed by atoms with E-state index >= 15 is 0 Å². The number of fused-ring (bicyclic) bond motifs is 2. The molecule has 0 atom stereocenters. The van der Waals surface area contributed by atoms with Crippen LogP contribution in [0.5, 0.6) is 11.5 Å². The number of allylic oxidation sites excluding steroid dienone is 2. The van der Waals surface area contributed by atoms with Crippen molar-refractivity contribution in [2.75, 3.05) is 4.90 Å². The Bertz CT molecular complexity index is 5700. The molecule has 16 aromatic rings. The Morgan fingerprint density at radius 3 is 1.36 bits per heavy atom. The molecule has 0 aliphatic carbocycles. The third-order valence-corrected chi connectivity index (χ3v) is 17.9. The van der Waals surface area contributed by atoms with Gasteiger partial charge < -0.3 is 35.2 Å². The number of aliphatic hydroxyl groups excluding tert-OH is 1. The summed E-state index contributed by atoms with van der Waals surface area (Å²) in [6.45, 7) is 17.8. The normalized spacial score (nSPS) is 10.7. The van der Waals surface area contributed by atoms with Crippen LogP contribution in [0.2, 0.25) is 0 Å². The van der Waals surface area contributed by atoms with Gasteiger partial charge in [0.1, 0.15) is 11.5 Å². The van der Waals surface area contributed by atoms with Crippen molar-refractivity contribution in [3.05, 3.63) is 392 Å². The minimum absolute atomic E-state index is 0. The van der Waals surface area contributed by atoms with E-state index in [1.165, 1.54) is 48.4 Å². The number of phenolic OH excluding ortho intramolecular Hbond substituents is 2. The molecule has 11 nitrogen and oxygen atoms in total. The first-order valence-electron chi connectivity index (χ1n) is 37.2. The van der Waals surface area contributed by atoms with Crippen molar-refractivity contribution in [3.63, 3.8) is 0 Å². The van der Waals surface area contributed by atoms with Crippen LogP contribution in [0.1, 0.15) is 84.1 Å². The average molecular weight is 2270 g/mol. The molecule has 6 heterocycles. The Hall–Kier alpha value is -11.3. The second kappa shape index (κ2) is 45.5. The number of anilines is 3. The second-order valence-electron chi connectivity index (χ2n) is 28.7. The Balaban J connectivity index is 0.000000204. The maximum Gasteiger partial charge on any atom is 0.232 e. The first-order valence-corrected chi connectivity index (χ1v) is 37.2. The number of pyridine rings is 6. The molecule has 0 saturated heterocycles. The number of benzene rings is 10. The van der Waals surface area contributed by atoms with Gasteiger partial charge in [0.15, 0.2) is 5.78 Å². The zero-order chi connectivity index (χ0) is 80.6. The summed E-state index contributed by atoms with van der Waals surface area (Å²) >= 11 is 0. The fraction of sp³-hybridized carbons (Fsp3) is 0.119. The van der Waals surface area contributed by atoms with Crippen LogP contribution in [0.3, 0.4) is 0 Å². The summed E-state index contributed by atoms with van der Waals surface area (Å²) in [5.41, 5.74) is 18.9. The largest absolute Gasteiger partial charge is 0.512 e. The molecule has 0 spiro atoms. The SMILES string of the molecule is CC(=O)C=C(C)O.CC(C)(C)c1cc(-c2cc(C(C)(C)C)cc(-c3ccccc3O)n2)nc(-c2ccccc2O)c1.Cc1ccc(-c2[c-]cccc2)nc1.FC(F)c1c[c-]c(-c2ccc3ccccc3n2)cc1.[Ir].[Ir].[Ir].[Pt].[c-]1ccccc1-c1cc(N(c2ccccc2)c2ccccc2)ccn1.[c-]1ccccc1-c1nccc2ccccc12. The van der Waals surface area contributed by atoms with E-state index in [2.05, 4.69) is 176 Å². The van der Waals surface area contributed by atoms with Crippen molar-refractivity contribution in [2.24, 2.45) is 0 Å². The topological polar surface area (TPSA) is 158 Å². The molecule has 0 aliphatic heterocycles. The predicted molar refractivity (Wildman–Crippen MR) is 460 cm³/mol. The number of hydrogen-bond donors (Lipinski definition) is 3. The number of rotatable bonds is 12. The van der Waals surface area contributed by atoms with E-state index in [9.17, 15) is 23.8 Å². The Morgan fingerprint density at radius 2 is 0.890 bits per heavy atom. The molecule has 605 valence electrons. The smallest absolute Gasteiger partial charge is 0.232 e. The van der Waals surface area contributed by atoms with E-state index < -0.39 is 6.43 Å². The molecule has 0 aliphatic rings. The van der Waals surface area contributed by atoms with Gasteiger partial charge in [0.2, 0.25) is 6.43 Å². The number of hydrogen-bond acceptors (Lipinski definition) is 11. The van der Waals surface area contributed by atoms with Gasteiger partial charge in [0.25, 0.3) is 0 Å². The molecular formula is C101H87F2Ir3N7O4Pt-4. The van der Waals surface area contributed by atoms with Gasteiger partial charge in [0, 0.05) is 134 Å². The van der Waals surface area contributed by atoms with Gasteiger partial charge in [-0.2, -0.15) is 0 Å². The van der Waals surface area contributed by atoms with Crippen molar-refractivity contribution >= 4 is 44.5 Å². The summed E-state index contributed by atoms with van der Waals surface area (Å²) < 4.78 is 24.9. The molecule has 0 saturated carbocycles. The average Bonchev–Trinajstić information content (AvgIpc) is 0.783. The number of carbonyl (C=O) groups is 1. The van der Waals surface area contributed by atoms with Crippen LogP contribution < -0.4 is 4.90 Å². The second-order valence-corrected chi connectivity index (χ2v) is 28.7. The quantitative estimate of drug-likeness (QED) is 0.0607. The number of halogens is 2. The van der Waals surface area contributed by atoms with Crippen LogP contribution in [0.25, 0.3) is 101 Å². The number of carbonyl (C=O) groups excluding carboxylic acids is 1. The summed E-state index contributed by atoms with van der Waals surface area (Å²) in [6.07, 6.45) is 4.27. The van der Waals surface area contributed by atoms with Gasteiger partial charge in [-0.25, -0.2) is 18.7 Å². The van der Waals surface area contributed by atoms with Crippen LogP contribution in [0.15, 0.2) is 346 Å². The molecule has 3 radical (unpaired) electrons. The van der Waals surface area contributed by atoms with Crippen molar-refractivity contribution in [1.82, 2.24) is 29.9 Å². The van der Waals surface area contributed by atoms with Gasteiger partial charge in [-0.1, -0.05) is 181 Å². The standard InChI is InChI=1S/C30H32N2O2.C23H17N2.C16H10F2N.C15H10N.C12H10N.C5H8O2.3Ir.Pt/c1-29(2,3)19-15-23(21-11-7-9-13-27(21)33)31-25(17-19)26-18-20(30(4,5)6)16-24(32-26)22-12-8-10-14-28(22)34;1-4-10-19(11-5-1)23-18-22(16-17-24-23)25(20-12-6-2-7-13-20)21-14-8-3-9-15-21;17-16(18)13-7-5-12(6-8-13)15-10-9-11-3-1-2-4-14(11)19-15;1-2-7-13(8-3-1)15-14-9-5-4-6-12(14)10-11-16-15;1-10-7-8-12(13-9-10)11-5-3-2-4-6-11;1-4(6)3-5(2)7;;;;/h7-18,33-34H,1-6H3;1-10,12-18H;1-5,7-10,16H;1-7,9-11H;2-5,7-9H,1H3;3,6H,1-2H3;;;;/q;4*-1;;;;;. The van der Waals surface area contributed by atoms with Crippen molar-refractivity contribution in [3.8, 4) is 90.4 Å². The summed E-state index contributed by atoms with van der Waals surface area (Å²) in [4.78, 5) is 39.9. The minimum Gasteiger partial charge on any atom is -0.512 e. The van der Waals surface area contributed by atoms with E-state index in [1.54, 1.807) is 30.3 Å². The van der Waals surface area contributed by atoms with Crippen LogP contribution in [-0.2, 0) is 97.0 Å². The first kappa shape index (κ1) is 93.9. The zero-order valence-corrected chi connectivity index (χ0v) is 75.8. The molecule has 0 fully saturated rings. The number of aryl methyl sites for hydroxylation is 1. The van der Waals surface area contributed by atoms with Crippen LogP contribution >= 0.6 is 0 Å². The number of nitrogens with zero attached hydrogens (tertiary/aromatic N) is 7. The van der Waals surface area contributed by atoms with Crippen molar-refractivity contribution < 1.29 is 110 Å². The number of phenols is 2. The first-order chi connectivity index (χ1) is 55.0. The Labute approximate surface area is 745 Å². The van der Waals surface area contributed by atoms with Crippen LogP contribution in [-0.4, -0.2) is 51.0 Å². The monoisotopic (exact) mass is 2270 g/mol. The van der Waals surface area contributed by atoms with E-state index in [0.717, 1.165) is 95.5 Å². The third-order valence-electron chi connectivity index (χ3n) is 17.9. The number of alkyl halides is 2. The molecule has 0 amide bonds. The number of aromatic nitrogens is 6. The molecular weight excluding hydrogens is 2180 g/mol. The molecule has 0 bridgehead atoms. The van der Waals surface area contributed by atoms with E-state index in [1.807, 2.05) is 214 Å². The van der Waals surface area contributed by atoms with E-state index in [0.29, 0.717) is 22.5 Å². The van der Waals surface area contributed by atoms with E-state index in [-0.39, 0.29) is 121 Å². The van der Waals surface area contributed by atoms with Crippen LogP contribution in [0.4, 0.5) is 25.8 Å². The fourth-order valence-electron chi connectivity index (χ4n) is 12.0. The Kier molecular flexibility index (Phi) is 36.2. The van der Waals surface area contributed by atoms with Crippen molar-refractivity contribution in [1.29, 1.82) is 0 Å². The third kappa shape index (κ3) is 26.6. The van der Waals surface area contributed by atoms with Gasteiger partial charge in [-0.15, -0.1) is 138 Å². The molecule has 0 unspecified atom stereocenters. The molecule has 17 heteroatoms. The van der Waals surface area contributed by atoms with Crippen molar-refractivity contribution in [2.45, 2.75) is 79.6 Å². The summed E-state index contributed by atoms with van der Waals surface area (Å²) in [5, 5.41) is 32.8. The fourth-order valence-corrected chi connectivity index (χ4v) is 12.0. The number of aromatic hydroxyl groups is 2. The Morgan fingerprint density at radius 1 is 0.424 bits per heavy atom.